The Morgan fingerprint density at radius 2 is 1.81 bits per heavy atom. The number of carbonyl (C=O) groups excluding carboxylic acids is 1. The molecule has 0 bridgehead atoms. The fourth-order valence-electron chi connectivity index (χ4n) is 3.09. The maximum atomic E-state index is 12.5. The van der Waals surface area contributed by atoms with Crippen LogP contribution in [0.5, 0.6) is 0 Å². The largest absolute Gasteiger partial charge is 0.481 e. The van der Waals surface area contributed by atoms with Crippen LogP contribution in [0.4, 0.5) is 4.79 Å². The highest BCUT2D eigenvalue weighted by Crippen LogP contribution is 2.30. The molecule has 1 saturated heterocycles. The van der Waals surface area contributed by atoms with Gasteiger partial charge in [0.1, 0.15) is 0 Å². The first-order valence-electron chi connectivity index (χ1n) is 8.99. The van der Waals surface area contributed by atoms with Crippen molar-refractivity contribution < 1.29 is 23.1 Å². The first kappa shape index (κ1) is 21.2. The molecule has 1 fully saturated rings. The van der Waals surface area contributed by atoms with E-state index in [0.717, 1.165) is 5.56 Å². The van der Waals surface area contributed by atoms with E-state index in [4.69, 9.17) is 0 Å². The van der Waals surface area contributed by atoms with E-state index in [1.807, 2.05) is 0 Å². The quantitative estimate of drug-likeness (QED) is 0.729. The van der Waals surface area contributed by atoms with Crippen LogP contribution in [0.1, 0.15) is 32.8 Å². The van der Waals surface area contributed by atoms with Crippen molar-refractivity contribution in [3.05, 3.63) is 29.8 Å². The fraction of sp³-hybridized carbons (Fsp3) is 0.556. The third-order valence-electron chi connectivity index (χ3n) is 4.99. The van der Waals surface area contributed by atoms with Gasteiger partial charge < -0.3 is 15.3 Å². The molecule has 1 heterocycles. The van der Waals surface area contributed by atoms with Crippen molar-refractivity contribution in [3.63, 3.8) is 0 Å². The van der Waals surface area contributed by atoms with E-state index in [1.165, 1.54) is 21.3 Å². The molecular formula is C18H27N3O5S. The van der Waals surface area contributed by atoms with Gasteiger partial charge in [-0.05, 0) is 31.0 Å². The zero-order valence-corrected chi connectivity index (χ0v) is 16.8. The van der Waals surface area contributed by atoms with Crippen molar-refractivity contribution in [2.75, 3.05) is 26.2 Å². The maximum absolute atomic E-state index is 12.5. The molecule has 9 heteroatoms. The van der Waals surface area contributed by atoms with Gasteiger partial charge >= 0.3 is 12.0 Å². The summed E-state index contributed by atoms with van der Waals surface area (Å²) in [7, 11) is -3.50. The molecule has 1 aliphatic heterocycles. The molecule has 1 aromatic carbocycles. The molecule has 0 aliphatic carbocycles. The molecule has 150 valence electrons. The van der Waals surface area contributed by atoms with E-state index in [-0.39, 0.29) is 24.0 Å². The fourth-order valence-corrected chi connectivity index (χ4v) is 4.55. The molecule has 0 saturated carbocycles. The lowest BCUT2D eigenvalue weighted by Crippen LogP contribution is -2.40. The van der Waals surface area contributed by atoms with Crippen LogP contribution >= 0.6 is 0 Å². The van der Waals surface area contributed by atoms with Crippen LogP contribution in [0.15, 0.2) is 29.2 Å². The Morgan fingerprint density at radius 1 is 1.22 bits per heavy atom. The van der Waals surface area contributed by atoms with Gasteiger partial charge in [-0.2, -0.15) is 4.31 Å². The zero-order chi connectivity index (χ0) is 20.2. The molecule has 1 atom stereocenters. The average Bonchev–Trinajstić information content (AvgIpc) is 3.05. The Balaban J connectivity index is 1.96. The van der Waals surface area contributed by atoms with E-state index in [1.54, 1.807) is 32.9 Å². The number of carboxylic acids is 1. The SMILES string of the molecule is CCN(CC)S(=O)(=O)c1ccc(CNC(=O)N2CCC(C)(C(=O)O)C2)cc1. The van der Waals surface area contributed by atoms with Gasteiger partial charge in [-0.3, -0.25) is 4.79 Å². The van der Waals surface area contributed by atoms with Gasteiger partial charge in [-0.1, -0.05) is 26.0 Å². The highest BCUT2D eigenvalue weighted by molar-refractivity contribution is 7.89. The van der Waals surface area contributed by atoms with E-state index in [2.05, 4.69) is 5.32 Å². The third-order valence-corrected chi connectivity index (χ3v) is 7.05. The van der Waals surface area contributed by atoms with Crippen LogP contribution in [0.3, 0.4) is 0 Å². The number of likely N-dealkylation sites (tertiary alicyclic amines) is 1. The number of sulfonamides is 1. The number of rotatable bonds is 7. The third kappa shape index (κ3) is 4.59. The second kappa shape index (κ2) is 8.26. The lowest BCUT2D eigenvalue weighted by Gasteiger charge is -2.20. The average molecular weight is 397 g/mol. The van der Waals surface area contributed by atoms with Crippen molar-refractivity contribution >= 4 is 22.0 Å². The number of hydrogen-bond donors (Lipinski definition) is 2. The number of nitrogens with one attached hydrogen (secondary N) is 1. The summed E-state index contributed by atoms with van der Waals surface area (Å²) in [5, 5.41) is 12.0. The number of carboxylic acid groups (broad SMARTS) is 1. The Labute approximate surface area is 160 Å². The van der Waals surface area contributed by atoms with E-state index in [0.29, 0.717) is 26.1 Å². The van der Waals surface area contributed by atoms with Gasteiger partial charge in [0.25, 0.3) is 0 Å². The number of amides is 2. The number of hydrogen-bond acceptors (Lipinski definition) is 4. The van der Waals surface area contributed by atoms with Crippen molar-refractivity contribution in [2.45, 2.75) is 38.6 Å². The lowest BCUT2D eigenvalue weighted by atomic mass is 9.90. The van der Waals surface area contributed by atoms with Crippen LogP contribution in [0.25, 0.3) is 0 Å². The number of urea groups is 1. The summed E-state index contributed by atoms with van der Waals surface area (Å²) >= 11 is 0. The molecule has 0 spiro atoms. The van der Waals surface area contributed by atoms with Crippen molar-refractivity contribution in [2.24, 2.45) is 5.41 Å². The number of nitrogens with zero attached hydrogens (tertiary/aromatic N) is 2. The van der Waals surface area contributed by atoms with Crippen LogP contribution in [-0.2, 0) is 21.4 Å². The minimum Gasteiger partial charge on any atom is -0.481 e. The predicted octanol–water partition coefficient (Wildman–Crippen LogP) is 1.72. The normalized spacial score (nSPS) is 20.1. The molecule has 8 nitrogen and oxygen atoms in total. The summed E-state index contributed by atoms with van der Waals surface area (Å²) < 4.78 is 26.3. The van der Waals surface area contributed by atoms with E-state index in [9.17, 15) is 23.1 Å². The van der Waals surface area contributed by atoms with Gasteiger partial charge in [0.15, 0.2) is 0 Å². The molecule has 1 aromatic rings. The standard InChI is InChI=1S/C18H27N3O5S/c1-4-21(5-2)27(25,26)15-8-6-14(7-9-15)12-19-17(24)20-11-10-18(3,13-20)16(22)23/h6-9H,4-5,10-13H2,1-3H3,(H,19,24)(H,22,23). The summed E-state index contributed by atoms with van der Waals surface area (Å²) in [5.41, 5.74) is -0.139. The topological polar surface area (TPSA) is 107 Å². The molecule has 0 aromatic heterocycles. The van der Waals surface area contributed by atoms with Gasteiger partial charge in [-0.15, -0.1) is 0 Å². The Hall–Kier alpha value is -2.13. The summed E-state index contributed by atoms with van der Waals surface area (Å²) in [6.07, 6.45) is 0.424. The number of aliphatic carboxylic acids is 1. The first-order chi connectivity index (χ1) is 12.6. The zero-order valence-electron chi connectivity index (χ0n) is 15.9. The van der Waals surface area contributed by atoms with E-state index >= 15 is 0 Å². The monoisotopic (exact) mass is 397 g/mol. The first-order valence-corrected chi connectivity index (χ1v) is 10.4. The number of carbonyl (C=O) groups is 2. The molecule has 27 heavy (non-hydrogen) atoms. The van der Waals surface area contributed by atoms with Crippen molar-refractivity contribution in [1.82, 2.24) is 14.5 Å². The molecule has 2 rings (SSSR count). The van der Waals surface area contributed by atoms with E-state index < -0.39 is 21.4 Å². The Bertz CT molecular complexity index is 790. The molecule has 2 N–H and O–H groups in total. The lowest BCUT2D eigenvalue weighted by molar-refractivity contribution is -0.147. The highest BCUT2D eigenvalue weighted by atomic mass is 32.2. The molecule has 1 unspecified atom stereocenters. The summed E-state index contributed by atoms with van der Waals surface area (Å²) in [6.45, 7) is 6.84. The Morgan fingerprint density at radius 3 is 2.30 bits per heavy atom. The predicted molar refractivity (Wildman–Crippen MR) is 101 cm³/mol. The smallest absolute Gasteiger partial charge is 0.317 e. The number of benzene rings is 1. The second-order valence-electron chi connectivity index (χ2n) is 6.93. The van der Waals surface area contributed by atoms with Gasteiger partial charge in [0.05, 0.1) is 10.3 Å². The molecule has 1 aliphatic rings. The summed E-state index contributed by atoms with van der Waals surface area (Å²) in [5.74, 6) is -0.900. The van der Waals surface area contributed by atoms with Gasteiger partial charge in [0.2, 0.25) is 10.0 Å². The Kier molecular flexibility index (Phi) is 6.48. The minimum atomic E-state index is -3.50. The van der Waals surface area contributed by atoms with Crippen molar-refractivity contribution in [1.29, 1.82) is 0 Å². The maximum Gasteiger partial charge on any atom is 0.317 e. The molecular weight excluding hydrogens is 370 g/mol. The second-order valence-corrected chi connectivity index (χ2v) is 8.87. The molecule has 0 radical (unpaired) electrons. The van der Waals surface area contributed by atoms with Crippen molar-refractivity contribution in [3.8, 4) is 0 Å². The molecule has 2 amide bonds. The summed E-state index contributed by atoms with van der Waals surface area (Å²) in [6, 6.07) is 6.09. The van der Waals surface area contributed by atoms with Gasteiger partial charge in [-0.25, -0.2) is 13.2 Å². The van der Waals surface area contributed by atoms with Crippen LogP contribution < -0.4 is 5.32 Å². The summed E-state index contributed by atoms with van der Waals surface area (Å²) in [4.78, 5) is 25.2. The van der Waals surface area contributed by atoms with Crippen LogP contribution in [0.2, 0.25) is 0 Å². The van der Waals surface area contributed by atoms with Gasteiger partial charge in [0, 0.05) is 32.7 Å². The van der Waals surface area contributed by atoms with Crippen LogP contribution in [0, 0.1) is 5.41 Å². The van der Waals surface area contributed by atoms with Crippen LogP contribution in [-0.4, -0.2) is 60.9 Å². The highest BCUT2D eigenvalue weighted by Gasteiger charge is 2.42. The minimum absolute atomic E-state index is 0.176.